The predicted molar refractivity (Wildman–Crippen MR) is 152 cm³/mol. The van der Waals surface area contributed by atoms with E-state index in [0.717, 1.165) is 28.3 Å². The van der Waals surface area contributed by atoms with Gasteiger partial charge in [0.1, 0.15) is 5.82 Å². The molecule has 1 aliphatic heterocycles. The summed E-state index contributed by atoms with van der Waals surface area (Å²) in [4.78, 5) is 19.4. The van der Waals surface area contributed by atoms with E-state index in [0.29, 0.717) is 22.4 Å². The van der Waals surface area contributed by atoms with E-state index in [4.69, 9.17) is 23.8 Å². The Bertz CT molecular complexity index is 1470. The van der Waals surface area contributed by atoms with Crippen LogP contribution in [0.1, 0.15) is 41.1 Å². The van der Waals surface area contributed by atoms with E-state index < -0.39 is 0 Å². The van der Waals surface area contributed by atoms with E-state index in [2.05, 4.69) is 45.0 Å². The molecule has 194 valence electrons. The number of aromatic nitrogens is 2. The lowest BCUT2D eigenvalue weighted by Crippen LogP contribution is -2.32. The number of rotatable bonds is 7. The molecule has 2 aromatic carbocycles. The van der Waals surface area contributed by atoms with Crippen LogP contribution in [-0.2, 0) is 4.79 Å². The summed E-state index contributed by atoms with van der Waals surface area (Å²) >= 11 is 12.1. The Morgan fingerprint density at radius 1 is 1.11 bits per heavy atom. The largest absolute Gasteiger partial charge is 0.352 e. The normalized spacial score (nSPS) is 16.9. The molecular formula is C29H27ClFN5OS. The van der Waals surface area contributed by atoms with E-state index in [1.807, 2.05) is 42.5 Å². The van der Waals surface area contributed by atoms with Gasteiger partial charge in [0, 0.05) is 46.9 Å². The lowest BCUT2D eigenvalue weighted by molar-refractivity contribution is -0.116. The van der Waals surface area contributed by atoms with Crippen molar-refractivity contribution < 1.29 is 9.18 Å². The van der Waals surface area contributed by atoms with Crippen LogP contribution in [0.2, 0.25) is 5.02 Å². The first-order chi connectivity index (χ1) is 18.3. The number of carbonyl (C=O) groups excluding carboxylic acids is 1. The maximum absolute atomic E-state index is 13.2. The van der Waals surface area contributed by atoms with Crippen LogP contribution in [0.25, 0.3) is 5.69 Å². The third kappa shape index (κ3) is 5.28. The Hall–Kier alpha value is -3.75. The summed E-state index contributed by atoms with van der Waals surface area (Å²) in [6.45, 7) is 4.54. The van der Waals surface area contributed by atoms with Crippen LogP contribution in [0.3, 0.4) is 0 Å². The third-order valence-corrected chi connectivity index (χ3v) is 7.35. The Balaban J connectivity index is 1.46. The van der Waals surface area contributed by atoms with Gasteiger partial charge in [-0.25, -0.2) is 4.39 Å². The Kier molecular flexibility index (Phi) is 7.44. The lowest BCUT2D eigenvalue weighted by atomic mass is 9.96. The van der Waals surface area contributed by atoms with Gasteiger partial charge in [0.2, 0.25) is 5.91 Å². The smallest absolute Gasteiger partial charge is 0.226 e. The number of halogens is 2. The molecule has 6 nitrogen and oxygen atoms in total. The van der Waals surface area contributed by atoms with Gasteiger partial charge in [0.15, 0.2) is 5.11 Å². The van der Waals surface area contributed by atoms with Gasteiger partial charge >= 0.3 is 0 Å². The topological polar surface area (TPSA) is 62.2 Å². The minimum Gasteiger partial charge on any atom is -0.352 e. The molecule has 9 heteroatoms. The van der Waals surface area contributed by atoms with Crippen LogP contribution in [0.5, 0.6) is 0 Å². The molecule has 2 unspecified atom stereocenters. The van der Waals surface area contributed by atoms with Crippen molar-refractivity contribution in [2.75, 3.05) is 11.9 Å². The summed E-state index contributed by atoms with van der Waals surface area (Å²) in [5.74, 6) is -0.529. The first-order valence-corrected chi connectivity index (χ1v) is 13.1. The molecule has 1 fully saturated rings. The molecule has 1 aliphatic rings. The molecule has 3 heterocycles. The number of carbonyl (C=O) groups is 1. The van der Waals surface area contributed by atoms with Gasteiger partial charge in [0.25, 0.3) is 0 Å². The van der Waals surface area contributed by atoms with Crippen molar-refractivity contribution in [2.24, 2.45) is 0 Å². The average Bonchev–Trinajstić information content (AvgIpc) is 3.39. The molecule has 4 aromatic rings. The second kappa shape index (κ2) is 10.9. The second-order valence-electron chi connectivity index (χ2n) is 9.27. The fraction of sp³-hybridized carbons (Fsp3) is 0.207. The van der Waals surface area contributed by atoms with Crippen LogP contribution < -0.4 is 10.6 Å². The number of amides is 1. The maximum Gasteiger partial charge on any atom is 0.226 e. The van der Waals surface area contributed by atoms with E-state index >= 15 is 0 Å². The molecule has 1 amide bonds. The molecule has 0 radical (unpaired) electrons. The zero-order chi connectivity index (χ0) is 26.8. The van der Waals surface area contributed by atoms with Crippen molar-refractivity contribution in [3.63, 3.8) is 0 Å². The van der Waals surface area contributed by atoms with E-state index in [-0.39, 0.29) is 30.2 Å². The first-order valence-electron chi connectivity index (χ1n) is 12.3. The van der Waals surface area contributed by atoms with Gasteiger partial charge < -0.3 is 20.1 Å². The van der Waals surface area contributed by atoms with Crippen LogP contribution >= 0.6 is 23.8 Å². The highest BCUT2D eigenvalue weighted by atomic mass is 35.5. The van der Waals surface area contributed by atoms with Crippen molar-refractivity contribution in [3.05, 3.63) is 112 Å². The Morgan fingerprint density at radius 3 is 2.61 bits per heavy atom. The van der Waals surface area contributed by atoms with Crippen molar-refractivity contribution in [3.8, 4) is 5.69 Å². The fourth-order valence-electron chi connectivity index (χ4n) is 5.06. The van der Waals surface area contributed by atoms with Gasteiger partial charge in [-0.1, -0.05) is 23.7 Å². The van der Waals surface area contributed by atoms with E-state index in [1.165, 1.54) is 12.1 Å². The number of aryl methyl sites for hydroxylation is 1. The number of benzene rings is 2. The number of pyridine rings is 1. The number of nitrogens with zero attached hydrogens (tertiary/aromatic N) is 3. The maximum atomic E-state index is 13.2. The summed E-state index contributed by atoms with van der Waals surface area (Å²) < 4.78 is 15.4. The SMILES string of the molecule is Cc1cc(C2C(c3ccccn3)NC(=S)N2CCC(=O)Nc2ccc(F)cc2)c(C)n1-c1cccc(Cl)c1. The van der Waals surface area contributed by atoms with E-state index in [1.54, 1.807) is 18.3 Å². The summed E-state index contributed by atoms with van der Waals surface area (Å²) in [5.41, 5.74) is 5.60. The minimum atomic E-state index is -0.352. The van der Waals surface area contributed by atoms with Crippen molar-refractivity contribution in [1.29, 1.82) is 0 Å². The molecule has 0 bridgehead atoms. The van der Waals surface area contributed by atoms with Gasteiger partial charge in [-0.3, -0.25) is 9.78 Å². The summed E-state index contributed by atoms with van der Waals surface area (Å²) in [6, 6.07) is 21.1. The van der Waals surface area contributed by atoms with Gasteiger partial charge in [-0.2, -0.15) is 0 Å². The third-order valence-electron chi connectivity index (χ3n) is 6.76. The van der Waals surface area contributed by atoms with Gasteiger partial charge in [-0.05, 0) is 92.3 Å². The first kappa shape index (κ1) is 25.9. The minimum absolute atomic E-state index is 0.177. The van der Waals surface area contributed by atoms with Gasteiger partial charge in [0.05, 0.1) is 17.8 Å². The molecule has 2 N–H and O–H groups in total. The van der Waals surface area contributed by atoms with Crippen LogP contribution in [0.4, 0.5) is 10.1 Å². The molecule has 5 rings (SSSR count). The number of hydrogen-bond donors (Lipinski definition) is 2. The highest BCUT2D eigenvalue weighted by Crippen LogP contribution is 2.41. The number of nitrogens with one attached hydrogen (secondary N) is 2. The monoisotopic (exact) mass is 547 g/mol. The molecule has 38 heavy (non-hydrogen) atoms. The molecule has 1 saturated heterocycles. The molecule has 2 aromatic heterocycles. The van der Waals surface area contributed by atoms with Crippen molar-refractivity contribution in [1.82, 2.24) is 19.8 Å². The lowest BCUT2D eigenvalue weighted by Gasteiger charge is -2.28. The number of anilines is 1. The summed E-state index contributed by atoms with van der Waals surface area (Å²) in [7, 11) is 0. The highest BCUT2D eigenvalue weighted by molar-refractivity contribution is 7.80. The molecule has 0 spiro atoms. The van der Waals surface area contributed by atoms with Crippen LogP contribution in [0.15, 0.2) is 79.0 Å². The van der Waals surface area contributed by atoms with E-state index in [9.17, 15) is 9.18 Å². The van der Waals surface area contributed by atoms with Crippen LogP contribution in [-0.4, -0.2) is 32.0 Å². The Labute approximate surface area is 231 Å². The quantitative estimate of drug-likeness (QED) is 0.267. The zero-order valence-corrected chi connectivity index (χ0v) is 22.6. The number of thiocarbonyl (C=S) groups is 1. The second-order valence-corrected chi connectivity index (χ2v) is 10.1. The summed E-state index contributed by atoms with van der Waals surface area (Å²) in [6.07, 6.45) is 1.98. The molecule has 0 saturated carbocycles. The molecule has 0 aliphatic carbocycles. The standard InChI is InChI=1S/C29H27ClFN5OS/c1-18-16-24(19(2)36(18)23-7-5-6-20(30)17-23)28-27(25-8-3-4-14-32-25)34-29(38)35(28)15-13-26(37)33-22-11-9-21(31)10-12-22/h3-12,14,16-17,27-28H,13,15H2,1-2H3,(H,33,37)(H,34,38). The fourth-order valence-corrected chi connectivity index (χ4v) is 5.58. The Morgan fingerprint density at radius 2 is 1.89 bits per heavy atom. The molecule has 2 atom stereocenters. The number of hydrogen-bond acceptors (Lipinski definition) is 3. The zero-order valence-electron chi connectivity index (χ0n) is 21.0. The van der Waals surface area contributed by atoms with Gasteiger partial charge in [-0.15, -0.1) is 0 Å². The highest BCUT2D eigenvalue weighted by Gasteiger charge is 2.41. The predicted octanol–water partition coefficient (Wildman–Crippen LogP) is 6.28. The summed E-state index contributed by atoms with van der Waals surface area (Å²) in [5, 5.41) is 7.51. The van der Waals surface area contributed by atoms with Crippen LogP contribution in [0, 0.1) is 19.7 Å². The van der Waals surface area contributed by atoms with Crippen molar-refractivity contribution in [2.45, 2.75) is 32.4 Å². The average molecular weight is 548 g/mol. The van der Waals surface area contributed by atoms with Crippen molar-refractivity contribution >= 4 is 40.5 Å². The molecular weight excluding hydrogens is 521 g/mol.